The third-order valence-electron chi connectivity index (χ3n) is 3.12. The predicted molar refractivity (Wildman–Crippen MR) is 99.9 cm³/mol. The van der Waals surface area contributed by atoms with Gasteiger partial charge in [0.1, 0.15) is 0 Å². The molecule has 0 saturated carbocycles. The average molecular weight is 426 g/mol. The third kappa shape index (κ3) is 6.72. The van der Waals surface area contributed by atoms with E-state index < -0.39 is 17.6 Å². The maximum atomic E-state index is 12.6. The first-order chi connectivity index (χ1) is 12.3. The molecule has 136 valence electrons. The van der Waals surface area contributed by atoms with Crippen molar-refractivity contribution in [2.45, 2.75) is 6.18 Å². The van der Waals surface area contributed by atoms with Crippen LogP contribution >= 0.6 is 15.9 Å². The molecular formula is C18H15BrF3N3O. The van der Waals surface area contributed by atoms with Crippen molar-refractivity contribution in [3.63, 3.8) is 0 Å². The molecule has 26 heavy (non-hydrogen) atoms. The minimum absolute atomic E-state index is 0.198. The zero-order valence-corrected chi connectivity index (χ0v) is 15.0. The molecule has 0 aliphatic heterocycles. The van der Waals surface area contributed by atoms with Gasteiger partial charge in [-0.1, -0.05) is 36.4 Å². The highest BCUT2D eigenvalue weighted by molar-refractivity contribution is 9.12. The first-order valence-electron chi connectivity index (χ1n) is 7.50. The molecule has 0 spiro atoms. The van der Waals surface area contributed by atoms with Gasteiger partial charge in [-0.3, -0.25) is 4.79 Å². The van der Waals surface area contributed by atoms with E-state index in [4.69, 9.17) is 0 Å². The molecular weight excluding hydrogens is 411 g/mol. The summed E-state index contributed by atoms with van der Waals surface area (Å²) >= 11 is 3.31. The Kier molecular flexibility index (Phi) is 6.97. The molecule has 0 aliphatic rings. The highest BCUT2D eigenvalue weighted by Crippen LogP contribution is 2.30. The largest absolute Gasteiger partial charge is 0.416 e. The summed E-state index contributed by atoms with van der Waals surface area (Å²) in [6.45, 7) is -0.210. The van der Waals surface area contributed by atoms with Crippen LogP contribution in [0.5, 0.6) is 0 Å². The molecule has 0 aliphatic carbocycles. The summed E-state index contributed by atoms with van der Waals surface area (Å²) in [5.41, 5.74) is 2.67. The Labute approximate surface area is 156 Å². The molecule has 0 radical (unpaired) electrons. The summed E-state index contributed by atoms with van der Waals surface area (Å²) < 4.78 is 38.5. The Hall–Kier alpha value is -2.61. The fourth-order valence-electron chi connectivity index (χ4n) is 1.94. The molecule has 0 heterocycles. The van der Waals surface area contributed by atoms with Crippen molar-refractivity contribution in [3.8, 4) is 0 Å². The van der Waals surface area contributed by atoms with Crippen LogP contribution in [-0.2, 0) is 11.0 Å². The molecule has 0 saturated heterocycles. The molecule has 8 heteroatoms. The van der Waals surface area contributed by atoms with E-state index in [0.717, 1.165) is 17.7 Å². The van der Waals surface area contributed by atoms with Crippen LogP contribution in [0.4, 0.5) is 18.9 Å². The standard InChI is InChI=1S/C18H15BrF3N3O/c19-15(9-13-5-2-1-3-6-13)11-24-25-17(26)12-23-16-8-4-7-14(10-16)18(20,21)22/h1-11,23H,12H2,(H,25,26)/b15-9?,24-11+. The van der Waals surface area contributed by atoms with Crippen LogP contribution in [0.15, 0.2) is 64.2 Å². The fourth-order valence-corrected chi connectivity index (χ4v) is 2.31. The number of nitrogens with zero attached hydrogens (tertiary/aromatic N) is 1. The van der Waals surface area contributed by atoms with Gasteiger partial charge in [0.25, 0.3) is 5.91 Å². The molecule has 2 aromatic carbocycles. The fraction of sp³-hybridized carbons (Fsp3) is 0.111. The third-order valence-corrected chi connectivity index (χ3v) is 3.56. The molecule has 4 nitrogen and oxygen atoms in total. The summed E-state index contributed by atoms with van der Waals surface area (Å²) in [5.74, 6) is -0.487. The molecule has 0 fully saturated rings. The van der Waals surface area contributed by atoms with Crippen LogP contribution in [0.3, 0.4) is 0 Å². The number of hydrazone groups is 1. The van der Waals surface area contributed by atoms with Crippen LogP contribution in [0, 0.1) is 0 Å². The second kappa shape index (κ2) is 9.19. The van der Waals surface area contributed by atoms with Gasteiger partial charge in [0.2, 0.25) is 0 Å². The van der Waals surface area contributed by atoms with E-state index in [-0.39, 0.29) is 12.2 Å². The lowest BCUT2D eigenvalue weighted by molar-refractivity contribution is -0.137. The Morgan fingerprint density at radius 1 is 1.12 bits per heavy atom. The van der Waals surface area contributed by atoms with E-state index in [9.17, 15) is 18.0 Å². The van der Waals surface area contributed by atoms with Gasteiger partial charge >= 0.3 is 6.18 Å². The monoisotopic (exact) mass is 425 g/mol. The Balaban J connectivity index is 1.83. The zero-order chi connectivity index (χ0) is 19.0. The summed E-state index contributed by atoms with van der Waals surface area (Å²) in [5, 5.41) is 6.40. The second-order valence-corrected chi connectivity index (χ2v) is 6.08. The number of benzene rings is 2. The van der Waals surface area contributed by atoms with E-state index in [1.807, 2.05) is 36.4 Å². The normalized spacial score (nSPS) is 12.2. The Morgan fingerprint density at radius 2 is 1.85 bits per heavy atom. The van der Waals surface area contributed by atoms with E-state index in [2.05, 4.69) is 31.8 Å². The highest BCUT2D eigenvalue weighted by atomic mass is 79.9. The van der Waals surface area contributed by atoms with Crippen molar-refractivity contribution in [2.24, 2.45) is 5.10 Å². The lowest BCUT2D eigenvalue weighted by Crippen LogP contribution is -2.25. The SMILES string of the molecule is O=C(CNc1cccc(C(F)(F)F)c1)N/N=C/C(Br)=Cc1ccccc1. The highest BCUT2D eigenvalue weighted by Gasteiger charge is 2.30. The van der Waals surface area contributed by atoms with Crippen LogP contribution in [-0.4, -0.2) is 18.7 Å². The molecule has 0 aromatic heterocycles. The van der Waals surface area contributed by atoms with Gasteiger partial charge in [0, 0.05) is 10.2 Å². The molecule has 0 bridgehead atoms. The molecule has 0 atom stereocenters. The molecule has 2 rings (SSSR count). The topological polar surface area (TPSA) is 53.5 Å². The first kappa shape index (κ1) is 19.7. The number of anilines is 1. The minimum atomic E-state index is -4.43. The molecule has 1 amide bonds. The summed E-state index contributed by atoms with van der Waals surface area (Å²) in [4.78, 5) is 11.7. The first-order valence-corrected chi connectivity index (χ1v) is 8.29. The number of alkyl halides is 3. The van der Waals surface area contributed by atoms with E-state index in [1.165, 1.54) is 18.3 Å². The smallest absolute Gasteiger partial charge is 0.376 e. The predicted octanol–water partition coefficient (Wildman–Crippen LogP) is 4.66. The van der Waals surface area contributed by atoms with Crippen LogP contribution in [0.25, 0.3) is 6.08 Å². The van der Waals surface area contributed by atoms with Gasteiger partial charge in [-0.2, -0.15) is 18.3 Å². The quantitative estimate of drug-likeness (QED) is 0.522. The van der Waals surface area contributed by atoms with Crippen molar-refractivity contribution in [3.05, 3.63) is 70.2 Å². The molecule has 0 unspecified atom stereocenters. The second-order valence-electron chi connectivity index (χ2n) is 5.17. The van der Waals surface area contributed by atoms with Crippen LogP contribution in [0.2, 0.25) is 0 Å². The molecule has 2 N–H and O–H groups in total. The Bertz CT molecular complexity index is 805. The number of rotatable bonds is 6. The van der Waals surface area contributed by atoms with Crippen molar-refractivity contribution in [2.75, 3.05) is 11.9 Å². The van der Waals surface area contributed by atoms with E-state index in [1.54, 1.807) is 0 Å². The van der Waals surface area contributed by atoms with Gasteiger partial charge in [-0.25, -0.2) is 5.43 Å². The van der Waals surface area contributed by atoms with Gasteiger partial charge in [-0.15, -0.1) is 0 Å². The van der Waals surface area contributed by atoms with Crippen molar-refractivity contribution < 1.29 is 18.0 Å². The van der Waals surface area contributed by atoms with E-state index >= 15 is 0 Å². The average Bonchev–Trinajstić information content (AvgIpc) is 2.60. The number of hydrogen-bond acceptors (Lipinski definition) is 3. The van der Waals surface area contributed by atoms with Gasteiger partial charge in [-0.05, 0) is 45.8 Å². The minimum Gasteiger partial charge on any atom is -0.376 e. The van der Waals surface area contributed by atoms with Gasteiger partial charge in [0.15, 0.2) is 0 Å². The molecule has 2 aromatic rings. The van der Waals surface area contributed by atoms with Crippen LogP contribution < -0.4 is 10.7 Å². The summed E-state index contributed by atoms with van der Waals surface area (Å²) in [6.07, 6.45) is -1.20. The lowest BCUT2D eigenvalue weighted by atomic mass is 10.2. The van der Waals surface area contributed by atoms with Crippen LogP contribution in [0.1, 0.15) is 11.1 Å². The van der Waals surface area contributed by atoms with Crippen molar-refractivity contribution in [1.82, 2.24) is 5.43 Å². The maximum Gasteiger partial charge on any atom is 0.416 e. The number of carbonyl (C=O) groups excluding carboxylic acids is 1. The van der Waals surface area contributed by atoms with Gasteiger partial charge < -0.3 is 5.32 Å². The zero-order valence-electron chi connectivity index (χ0n) is 13.4. The van der Waals surface area contributed by atoms with Crippen molar-refractivity contribution >= 4 is 39.8 Å². The lowest BCUT2D eigenvalue weighted by Gasteiger charge is -2.09. The van der Waals surface area contributed by atoms with E-state index in [0.29, 0.717) is 4.48 Å². The Morgan fingerprint density at radius 3 is 2.54 bits per heavy atom. The number of nitrogens with one attached hydrogen (secondary N) is 2. The number of hydrogen-bond donors (Lipinski definition) is 2. The maximum absolute atomic E-state index is 12.6. The van der Waals surface area contributed by atoms with Crippen molar-refractivity contribution in [1.29, 1.82) is 0 Å². The number of allylic oxidation sites excluding steroid dienone is 1. The number of halogens is 4. The van der Waals surface area contributed by atoms with Gasteiger partial charge in [0.05, 0.1) is 18.3 Å². The summed E-state index contributed by atoms with van der Waals surface area (Å²) in [7, 11) is 0. The number of carbonyl (C=O) groups is 1. The number of amides is 1. The summed E-state index contributed by atoms with van der Waals surface area (Å²) in [6, 6.07) is 14.1.